The Morgan fingerprint density at radius 1 is 1.09 bits per heavy atom. The van der Waals surface area contributed by atoms with E-state index >= 15 is 0 Å². The quantitative estimate of drug-likeness (QED) is 0.926. The lowest BCUT2D eigenvalue weighted by Gasteiger charge is -2.36. The van der Waals surface area contributed by atoms with Crippen molar-refractivity contribution in [1.29, 1.82) is 0 Å². The van der Waals surface area contributed by atoms with Gasteiger partial charge in [0.1, 0.15) is 0 Å². The van der Waals surface area contributed by atoms with E-state index in [2.05, 4.69) is 0 Å². The molecule has 22 heavy (non-hydrogen) atoms. The minimum Gasteiger partial charge on any atom is -0.481 e. The van der Waals surface area contributed by atoms with Crippen molar-refractivity contribution in [2.24, 2.45) is 5.92 Å². The molecular weight excluding hydrogens is 278 g/mol. The molecule has 114 valence electrons. The number of amides is 1. The predicted molar refractivity (Wildman–Crippen MR) is 84.8 cm³/mol. The van der Waals surface area contributed by atoms with E-state index in [-0.39, 0.29) is 11.9 Å². The molecule has 2 atom stereocenters. The lowest BCUT2D eigenvalue weighted by Crippen LogP contribution is -2.47. The third-order valence-corrected chi connectivity index (χ3v) is 4.49. The summed E-state index contributed by atoms with van der Waals surface area (Å²) in [5.74, 6) is -1.35. The number of hydrogen-bond acceptors (Lipinski definition) is 2. The van der Waals surface area contributed by atoms with Gasteiger partial charge in [0.05, 0.1) is 5.92 Å². The number of piperidine rings is 1. The Hall–Kier alpha value is -2.36. The van der Waals surface area contributed by atoms with E-state index in [0.29, 0.717) is 18.5 Å². The SMILES string of the molecule is CC1CCC(C(=O)O)CN1C(=O)c1ccc2ccccc2c1. The molecule has 2 aromatic rings. The second-order valence-electron chi connectivity index (χ2n) is 5.98. The van der Waals surface area contributed by atoms with Crippen molar-refractivity contribution < 1.29 is 14.7 Å². The maximum atomic E-state index is 12.8. The molecule has 4 heteroatoms. The molecule has 0 spiro atoms. The number of aliphatic carboxylic acids is 1. The van der Waals surface area contributed by atoms with Gasteiger partial charge in [-0.3, -0.25) is 9.59 Å². The summed E-state index contributed by atoms with van der Waals surface area (Å²) < 4.78 is 0. The van der Waals surface area contributed by atoms with Gasteiger partial charge in [0.25, 0.3) is 5.91 Å². The highest BCUT2D eigenvalue weighted by Crippen LogP contribution is 2.25. The van der Waals surface area contributed by atoms with Crippen LogP contribution in [0.1, 0.15) is 30.1 Å². The molecule has 2 aromatic carbocycles. The Kier molecular flexibility index (Phi) is 3.84. The Morgan fingerprint density at radius 3 is 2.55 bits per heavy atom. The van der Waals surface area contributed by atoms with E-state index in [1.54, 1.807) is 4.90 Å². The minimum atomic E-state index is -0.816. The number of carboxylic acid groups (broad SMARTS) is 1. The van der Waals surface area contributed by atoms with Gasteiger partial charge >= 0.3 is 5.97 Å². The number of rotatable bonds is 2. The van der Waals surface area contributed by atoms with E-state index in [0.717, 1.165) is 17.2 Å². The number of nitrogens with zero attached hydrogens (tertiary/aromatic N) is 1. The minimum absolute atomic E-state index is 0.0783. The Bertz CT molecular complexity index is 725. The van der Waals surface area contributed by atoms with Crippen molar-refractivity contribution in [3.8, 4) is 0 Å². The van der Waals surface area contributed by atoms with E-state index in [4.69, 9.17) is 0 Å². The number of carbonyl (C=O) groups is 2. The number of likely N-dealkylation sites (tertiary alicyclic amines) is 1. The molecule has 0 aliphatic carbocycles. The van der Waals surface area contributed by atoms with Gasteiger partial charge in [-0.2, -0.15) is 0 Å². The maximum absolute atomic E-state index is 12.8. The summed E-state index contributed by atoms with van der Waals surface area (Å²) in [7, 11) is 0. The second-order valence-corrected chi connectivity index (χ2v) is 5.98. The average molecular weight is 297 g/mol. The molecule has 0 bridgehead atoms. The summed E-state index contributed by atoms with van der Waals surface area (Å²) in [4.78, 5) is 25.7. The first-order valence-electron chi connectivity index (χ1n) is 7.59. The Labute approximate surface area is 129 Å². The Balaban J connectivity index is 1.88. The molecule has 1 heterocycles. The van der Waals surface area contributed by atoms with Crippen LogP contribution in [0.15, 0.2) is 42.5 Å². The highest BCUT2D eigenvalue weighted by Gasteiger charge is 2.32. The zero-order valence-corrected chi connectivity index (χ0v) is 12.5. The van der Waals surface area contributed by atoms with E-state index in [1.165, 1.54) is 0 Å². The molecule has 4 nitrogen and oxygen atoms in total. The van der Waals surface area contributed by atoms with Crippen LogP contribution in [-0.4, -0.2) is 34.5 Å². The van der Waals surface area contributed by atoms with E-state index < -0.39 is 11.9 Å². The van der Waals surface area contributed by atoms with Crippen molar-refractivity contribution in [3.63, 3.8) is 0 Å². The smallest absolute Gasteiger partial charge is 0.308 e. The van der Waals surface area contributed by atoms with Crippen LogP contribution in [-0.2, 0) is 4.79 Å². The van der Waals surface area contributed by atoms with Crippen molar-refractivity contribution in [3.05, 3.63) is 48.0 Å². The summed E-state index contributed by atoms with van der Waals surface area (Å²) in [6.07, 6.45) is 1.37. The van der Waals surface area contributed by atoms with Crippen LogP contribution >= 0.6 is 0 Å². The first-order valence-corrected chi connectivity index (χ1v) is 7.59. The van der Waals surface area contributed by atoms with Gasteiger partial charge in [-0.25, -0.2) is 0 Å². The molecule has 0 aromatic heterocycles. The van der Waals surface area contributed by atoms with Crippen LogP contribution in [0.2, 0.25) is 0 Å². The highest BCUT2D eigenvalue weighted by molar-refractivity contribution is 5.99. The van der Waals surface area contributed by atoms with Crippen LogP contribution in [0.25, 0.3) is 10.8 Å². The first-order chi connectivity index (χ1) is 10.6. The van der Waals surface area contributed by atoms with Crippen molar-refractivity contribution in [1.82, 2.24) is 4.90 Å². The van der Waals surface area contributed by atoms with Crippen molar-refractivity contribution >= 4 is 22.6 Å². The van der Waals surface area contributed by atoms with Crippen LogP contribution in [0.3, 0.4) is 0 Å². The highest BCUT2D eigenvalue weighted by atomic mass is 16.4. The summed E-state index contributed by atoms with van der Waals surface area (Å²) in [6.45, 7) is 2.28. The third-order valence-electron chi connectivity index (χ3n) is 4.49. The molecule has 1 fully saturated rings. The number of carbonyl (C=O) groups excluding carboxylic acids is 1. The van der Waals surface area contributed by atoms with Gasteiger partial charge in [-0.05, 0) is 42.7 Å². The van der Waals surface area contributed by atoms with Crippen molar-refractivity contribution in [2.45, 2.75) is 25.8 Å². The van der Waals surface area contributed by atoms with Gasteiger partial charge in [0.2, 0.25) is 0 Å². The molecule has 1 saturated heterocycles. The van der Waals surface area contributed by atoms with Gasteiger partial charge in [0.15, 0.2) is 0 Å². The Morgan fingerprint density at radius 2 is 1.82 bits per heavy atom. The number of benzene rings is 2. The summed E-state index contributed by atoms with van der Waals surface area (Å²) in [6, 6.07) is 13.6. The van der Waals surface area contributed by atoms with Gasteiger partial charge in [0, 0.05) is 18.2 Å². The van der Waals surface area contributed by atoms with Gasteiger partial charge in [-0.1, -0.05) is 30.3 Å². The summed E-state index contributed by atoms with van der Waals surface area (Å²) >= 11 is 0. The van der Waals surface area contributed by atoms with Gasteiger partial charge in [-0.15, -0.1) is 0 Å². The molecule has 2 unspecified atom stereocenters. The zero-order chi connectivity index (χ0) is 15.7. The molecular formula is C18H19NO3. The molecule has 3 rings (SSSR count). The molecule has 1 aliphatic rings. The molecule has 0 radical (unpaired) electrons. The average Bonchev–Trinajstić information content (AvgIpc) is 2.54. The molecule has 1 N–H and O–H groups in total. The van der Waals surface area contributed by atoms with Crippen LogP contribution in [0.4, 0.5) is 0 Å². The monoisotopic (exact) mass is 297 g/mol. The fraction of sp³-hybridized carbons (Fsp3) is 0.333. The van der Waals surface area contributed by atoms with Crippen LogP contribution in [0.5, 0.6) is 0 Å². The topological polar surface area (TPSA) is 57.6 Å². The zero-order valence-electron chi connectivity index (χ0n) is 12.5. The lowest BCUT2D eigenvalue weighted by atomic mass is 9.92. The van der Waals surface area contributed by atoms with E-state index in [9.17, 15) is 14.7 Å². The van der Waals surface area contributed by atoms with Crippen molar-refractivity contribution in [2.75, 3.05) is 6.54 Å². The largest absolute Gasteiger partial charge is 0.481 e. The standard InChI is InChI=1S/C18H19NO3/c1-12-6-7-16(18(21)22)11-19(12)17(20)15-9-8-13-4-2-3-5-14(13)10-15/h2-5,8-10,12,16H,6-7,11H2,1H3,(H,21,22). The van der Waals surface area contributed by atoms with Crippen LogP contribution < -0.4 is 0 Å². The normalized spacial score (nSPS) is 21.8. The fourth-order valence-corrected chi connectivity index (χ4v) is 3.08. The first kappa shape index (κ1) is 14.6. The third kappa shape index (κ3) is 2.69. The molecule has 1 amide bonds. The number of carboxylic acids is 1. The van der Waals surface area contributed by atoms with E-state index in [1.807, 2.05) is 49.4 Å². The molecule has 0 saturated carbocycles. The van der Waals surface area contributed by atoms with Gasteiger partial charge < -0.3 is 10.0 Å². The number of fused-ring (bicyclic) bond motifs is 1. The number of hydrogen-bond donors (Lipinski definition) is 1. The molecule has 1 aliphatic heterocycles. The fourth-order valence-electron chi connectivity index (χ4n) is 3.08. The maximum Gasteiger partial charge on any atom is 0.308 e. The summed E-state index contributed by atoms with van der Waals surface area (Å²) in [5.41, 5.74) is 0.622. The second kappa shape index (κ2) is 5.79. The lowest BCUT2D eigenvalue weighted by molar-refractivity contribution is -0.143. The summed E-state index contributed by atoms with van der Waals surface area (Å²) in [5, 5.41) is 11.3. The van der Waals surface area contributed by atoms with Crippen LogP contribution in [0, 0.1) is 5.92 Å². The predicted octanol–water partition coefficient (Wildman–Crippen LogP) is 3.17.